The predicted octanol–water partition coefficient (Wildman–Crippen LogP) is 3.02. The molecule has 138 valence electrons. The number of benzene rings is 3. The maximum atomic E-state index is 12.3. The van der Waals surface area contributed by atoms with Crippen molar-refractivity contribution in [3.8, 4) is 16.9 Å². The number of hydrogen-bond donors (Lipinski definition) is 2. The molecule has 0 radical (unpaired) electrons. The van der Waals surface area contributed by atoms with E-state index in [0.29, 0.717) is 6.54 Å². The van der Waals surface area contributed by atoms with Crippen LogP contribution in [0.2, 0.25) is 0 Å². The fourth-order valence-electron chi connectivity index (χ4n) is 3.01. The molecule has 1 unspecified atom stereocenters. The van der Waals surface area contributed by atoms with Gasteiger partial charge in [0, 0.05) is 11.3 Å². The molecule has 0 aliphatic carbocycles. The molecule has 0 bridgehead atoms. The largest absolute Gasteiger partial charge is 0.497 e. The summed E-state index contributed by atoms with van der Waals surface area (Å²) in [5.41, 5.74) is 4.29. The molecule has 0 aliphatic rings. The standard InChI is InChI=1S/C23H24N2O2/c1-25(16-18-8-14-22(27-2)15-9-18)17-23(26)24-21-12-10-20(11-13-21)19-6-4-3-5-7-19/h3-15H,16-17H2,1-2H3,(H,24,26)/p+1. The van der Waals surface area contributed by atoms with Gasteiger partial charge in [-0.1, -0.05) is 42.5 Å². The zero-order chi connectivity index (χ0) is 19.1. The Kier molecular flexibility index (Phi) is 6.23. The van der Waals surface area contributed by atoms with Crippen molar-refractivity contribution >= 4 is 11.6 Å². The number of hydrogen-bond acceptors (Lipinski definition) is 2. The third-order valence-electron chi connectivity index (χ3n) is 4.40. The number of carbonyl (C=O) groups is 1. The molecule has 27 heavy (non-hydrogen) atoms. The lowest BCUT2D eigenvalue weighted by molar-refractivity contribution is -0.885. The number of rotatable bonds is 7. The van der Waals surface area contributed by atoms with E-state index in [1.165, 1.54) is 11.1 Å². The first kappa shape index (κ1) is 18.7. The average molecular weight is 361 g/mol. The molecule has 1 atom stereocenters. The normalized spacial score (nSPS) is 11.6. The Labute approximate surface area is 160 Å². The van der Waals surface area contributed by atoms with Crippen molar-refractivity contribution in [1.29, 1.82) is 0 Å². The second-order valence-electron chi connectivity index (χ2n) is 6.65. The third kappa shape index (κ3) is 5.43. The lowest BCUT2D eigenvalue weighted by Crippen LogP contribution is -3.08. The number of quaternary nitrogens is 1. The fraction of sp³-hybridized carbons (Fsp3) is 0.174. The van der Waals surface area contributed by atoms with E-state index in [9.17, 15) is 4.79 Å². The molecular weight excluding hydrogens is 336 g/mol. The van der Waals surface area contributed by atoms with Gasteiger partial charge in [-0.15, -0.1) is 0 Å². The Morgan fingerprint density at radius 2 is 1.52 bits per heavy atom. The third-order valence-corrected chi connectivity index (χ3v) is 4.40. The van der Waals surface area contributed by atoms with Crippen LogP contribution in [0.1, 0.15) is 5.56 Å². The van der Waals surface area contributed by atoms with Crippen LogP contribution >= 0.6 is 0 Å². The van der Waals surface area contributed by atoms with Crippen molar-refractivity contribution in [3.05, 3.63) is 84.4 Å². The predicted molar refractivity (Wildman–Crippen MR) is 109 cm³/mol. The Hall–Kier alpha value is -3.11. The highest BCUT2D eigenvalue weighted by molar-refractivity contribution is 5.91. The summed E-state index contributed by atoms with van der Waals surface area (Å²) in [7, 11) is 3.67. The van der Waals surface area contributed by atoms with Gasteiger partial charge in [-0.3, -0.25) is 4.79 Å². The lowest BCUT2D eigenvalue weighted by Gasteiger charge is -2.14. The van der Waals surface area contributed by atoms with Gasteiger partial charge < -0.3 is 15.0 Å². The van der Waals surface area contributed by atoms with Crippen LogP contribution in [0.5, 0.6) is 5.75 Å². The van der Waals surface area contributed by atoms with Gasteiger partial charge in [0.15, 0.2) is 6.54 Å². The van der Waals surface area contributed by atoms with Crippen LogP contribution in [-0.2, 0) is 11.3 Å². The summed E-state index contributed by atoms with van der Waals surface area (Å²) in [6.07, 6.45) is 0. The van der Waals surface area contributed by atoms with Crippen molar-refractivity contribution in [3.63, 3.8) is 0 Å². The molecule has 3 rings (SSSR count). The van der Waals surface area contributed by atoms with Gasteiger partial charge in [0.2, 0.25) is 0 Å². The minimum Gasteiger partial charge on any atom is -0.497 e. The maximum Gasteiger partial charge on any atom is 0.279 e. The van der Waals surface area contributed by atoms with E-state index >= 15 is 0 Å². The Morgan fingerprint density at radius 1 is 0.889 bits per heavy atom. The van der Waals surface area contributed by atoms with Gasteiger partial charge in [-0.25, -0.2) is 0 Å². The quantitative estimate of drug-likeness (QED) is 0.679. The molecular formula is C23H25N2O2+. The van der Waals surface area contributed by atoms with E-state index in [0.717, 1.165) is 28.4 Å². The molecule has 3 aromatic rings. The molecule has 0 fully saturated rings. The number of carbonyl (C=O) groups excluding carboxylic acids is 1. The van der Waals surface area contributed by atoms with Gasteiger partial charge in [0.1, 0.15) is 12.3 Å². The molecule has 4 nitrogen and oxygen atoms in total. The topological polar surface area (TPSA) is 42.8 Å². The zero-order valence-corrected chi connectivity index (χ0v) is 15.7. The minimum absolute atomic E-state index is 0.00785. The number of anilines is 1. The van der Waals surface area contributed by atoms with Crippen LogP contribution in [0.25, 0.3) is 11.1 Å². The minimum atomic E-state index is 0.00785. The molecule has 0 saturated carbocycles. The Bertz CT molecular complexity index is 859. The molecule has 0 aromatic heterocycles. The van der Waals surface area contributed by atoms with Crippen LogP contribution in [0.3, 0.4) is 0 Å². The van der Waals surface area contributed by atoms with Gasteiger partial charge in [0.05, 0.1) is 14.2 Å². The fourth-order valence-corrected chi connectivity index (χ4v) is 3.01. The zero-order valence-electron chi connectivity index (χ0n) is 15.7. The first-order valence-electron chi connectivity index (χ1n) is 9.03. The number of likely N-dealkylation sites (N-methyl/N-ethyl adjacent to an activating group) is 1. The van der Waals surface area contributed by atoms with Crippen LogP contribution in [0, 0.1) is 0 Å². The lowest BCUT2D eigenvalue weighted by atomic mass is 10.1. The van der Waals surface area contributed by atoms with Crippen LogP contribution in [0.4, 0.5) is 5.69 Å². The van der Waals surface area contributed by atoms with Gasteiger partial charge >= 0.3 is 0 Å². The molecule has 0 aliphatic heterocycles. The molecule has 4 heteroatoms. The SMILES string of the molecule is COc1ccc(C[NH+](C)CC(=O)Nc2ccc(-c3ccccc3)cc2)cc1. The number of nitrogens with one attached hydrogen (secondary N) is 2. The number of methoxy groups -OCH3 is 1. The summed E-state index contributed by atoms with van der Waals surface area (Å²) in [6, 6.07) is 26.1. The molecule has 0 spiro atoms. The first-order chi connectivity index (χ1) is 13.1. The summed E-state index contributed by atoms with van der Waals surface area (Å²) < 4.78 is 5.17. The van der Waals surface area contributed by atoms with Crippen LogP contribution in [-0.4, -0.2) is 26.6 Å². The highest BCUT2D eigenvalue weighted by atomic mass is 16.5. The van der Waals surface area contributed by atoms with Gasteiger partial charge in [0.25, 0.3) is 5.91 Å². The molecule has 1 amide bonds. The monoisotopic (exact) mass is 361 g/mol. The number of ether oxygens (including phenoxy) is 1. The van der Waals surface area contributed by atoms with E-state index < -0.39 is 0 Å². The number of amides is 1. The van der Waals surface area contributed by atoms with Crippen LogP contribution < -0.4 is 15.0 Å². The van der Waals surface area contributed by atoms with Crippen molar-refractivity contribution in [2.24, 2.45) is 0 Å². The smallest absolute Gasteiger partial charge is 0.279 e. The van der Waals surface area contributed by atoms with E-state index in [1.54, 1.807) is 7.11 Å². The summed E-state index contributed by atoms with van der Waals surface area (Å²) >= 11 is 0. The highest BCUT2D eigenvalue weighted by Gasteiger charge is 2.11. The van der Waals surface area contributed by atoms with E-state index in [1.807, 2.05) is 73.8 Å². The van der Waals surface area contributed by atoms with Crippen molar-refractivity contribution in [2.45, 2.75) is 6.54 Å². The van der Waals surface area contributed by atoms with Crippen molar-refractivity contribution < 1.29 is 14.4 Å². The maximum absolute atomic E-state index is 12.3. The van der Waals surface area contributed by atoms with Gasteiger partial charge in [-0.2, -0.15) is 0 Å². The molecule has 0 heterocycles. The van der Waals surface area contributed by atoms with E-state index in [-0.39, 0.29) is 5.91 Å². The van der Waals surface area contributed by atoms with E-state index in [2.05, 4.69) is 17.4 Å². The molecule has 2 N–H and O–H groups in total. The first-order valence-corrected chi connectivity index (χ1v) is 9.03. The Morgan fingerprint density at radius 3 is 2.15 bits per heavy atom. The molecule has 0 saturated heterocycles. The summed E-state index contributed by atoms with van der Waals surface area (Å²) in [4.78, 5) is 13.4. The second-order valence-corrected chi connectivity index (χ2v) is 6.65. The summed E-state index contributed by atoms with van der Waals surface area (Å²) in [5, 5.41) is 2.98. The highest BCUT2D eigenvalue weighted by Crippen LogP contribution is 2.20. The van der Waals surface area contributed by atoms with Gasteiger partial charge in [-0.05, 0) is 47.5 Å². The van der Waals surface area contributed by atoms with Crippen molar-refractivity contribution in [1.82, 2.24) is 0 Å². The summed E-state index contributed by atoms with van der Waals surface area (Å²) in [5.74, 6) is 0.849. The van der Waals surface area contributed by atoms with Crippen molar-refractivity contribution in [2.75, 3.05) is 26.0 Å². The van der Waals surface area contributed by atoms with E-state index in [4.69, 9.17) is 4.74 Å². The Balaban J connectivity index is 1.52. The summed E-state index contributed by atoms with van der Waals surface area (Å²) in [6.45, 7) is 1.19. The van der Waals surface area contributed by atoms with Crippen LogP contribution in [0.15, 0.2) is 78.9 Å². The second kappa shape index (κ2) is 9.01. The molecule has 3 aromatic carbocycles. The average Bonchev–Trinajstić information content (AvgIpc) is 2.69.